The Morgan fingerprint density at radius 2 is 2.14 bits per heavy atom. The van der Waals surface area contributed by atoms with Crippen LogP contribution in [-0.4, -0.2) is 17.9 Å². The number of aryl methyl sites for hydroxylation is 1. The summed E-state index contributed by atoms with van der Waals surface area (Å²) in [7, 11) is 1.65. The van der Waals surface area contributed by atoms with Crippen molar-refractivity contribution in [2.24, 2.45) is 0 Å². The highest BCUT2D eigenvalue weighted by Crippen LogP contribution is 2.11. The van der Waals surface area contributed by atoms with Crippen molar-refractivity contribution in [3.05, 3.63) is 35.1 Å². The second-order valence-corrected chi connectivity index (χ2v) is 3.47. The molecule has 0 saturated heterocycles. The van der Waals surface area contributed by atoms with Crippen LogP contribution in [0.15, 0.2) is 18.2 Å². The maximum absolute atomic E-state index is 13.3. The van der Waals surface area contributed by atoms with Gasteiger partial charge >= 0.3 is 0 Å². The van der Waals surface area contributed by atoms with Gasteiger partial charge in [-0.3, -0.25) is 4.79 Å². The fourth-order valence-corrected chi connectivity index (χ4v) is 1.15. The molecule has 76 valence electrons. The fraction of sp³-hybridized carbons (Fsp3) is 0.364. The number of benzene rings is 1. The van der Waals surface area contributed by atoms with Crippen molar-refractivity contribution in [3.8, 4) is 0 Å². The quantitative estimate of drug-likeness (QED) is 0.707. The molecule has 3 heteroatoms. The van der Waals surface area contributed by atoms with Crippen LogP contribution in [0, 0.1) is 12.7 Å². The molecular formula is C11H14FNO. The van der Waals surface area contributed by atoms with E-state index in [2.05, 4.69) is 0 Å². The van der Waals surface area contributed by atoms with Crippen molar-refractivity contribution < 1.29 is 9.18 Å². The Labute approximate surface area is 83.3 Å². The largest absolute Gasteiger partial charge is 0.342 e. The smallest absolute Gasteiger partial charge is 0.219 e. The maximum atomic E-state index is 13.3. The third-order valence-corrected chi connectivity index (χ3v) is 2.15. The van der Waals surface area contributed by atoms with Crippen LogP contribution in [0.4, 0.5) is 4.39 Å². The summed E-state index contributed by atoms with van der Waals surface area (Å²) >= 11 is 0. The highest BCUT2D eigenvalue weighted by atomic mass is 19.1. The van der Waals surface area contributed by atoms with Crippen LogP contribution in [0.25, 0.3) is 0 Å². The first-order valence-electron chi connectivity index (χ1n) is 4.47. The van der Waals surface area contributed by atoms with Gasteiger partial charge in [-0.2, -0.15) is 0 Å². The minimum atomic E-state index is -0.252. The SMILES string of the molecule is CC(=O)N(C)Cc1ccc(C)cc1F. The standard InChI is InChI=1S/C11H14FNO/c1-8-4-5-10(11(12)6-8)7-13(3)9(2)14/h4-6H,7H2,1-3H3. The first-order valence-corrected chi connectivity index (χ1v) is 4.47. The van der Waals surface area contributed by atoms with Crippen molar-refractivity contribution >= 4 is 5.91 Å². The molecule has 0 atom stereocenters. The number of halogens is 1. The summed E-state index contributed by atoms with van der Waals surface area (Å²) in [5.41, 5.74) is 1.44. The lowest BCUT2D eigenvalue weighted by molar-refractivity contribution is -0.128. The van der Waals surface area contributed by atoms with E-state index in [9.17, 15) is 9.18 Å². The van der Waals surface area contributed by atoms with E-state index >= 15 is 0 Å². The predicted molar refractivity (Wildman–Crippen MR) is 53.3 cm³/mol. The van der Waals surface area contributed by atoms with Crippen LogP contribution in [0.2, 0.25) is 0 Å². The van der Waals surface area contributed by atoms with E-state index in [1.165, 1.54) is 17.9 Å². The van der Waals surface area contributed by atoms with Crippen LogP contribution in [0.1, 0.15) is 18.1 Å². The van der Waals surface area contributed by atoms with E-state index in [1.807, 2.05) is 13.0 Å². The molecule has 0 spiro atoms. The van der Waals surface area contributed by atoms with E-state index < -0.39 is 0 Å². The van der Waals surface area contributed by atoms with Gasteiger partial charge in [0.2, 0.25) is 5.91 Å². The van der Waals surface area contributed by atoms with Crippen molar-refractivity contribution in [3.63, 3.8) is 0 Å². The third-order valence-electron chi connectivity index (χ3n) is 2.15. The Kier molecular flexibility index (Phi) is 3.23. The van der Waals surface area contributed by atoms with E-state index in [0.29, 0.717) is 12.1 Å². The molecule has 0 radical (unpaired) electrons. The van der Waals surface area contributed by atoms with Gasteiger partial charge < -0.3 is 4.90 Å². The molecule has 1 aromatic rings. The van der Waals surface area contributed by atoms with Gasteiger partial charge in [-0.25, -0.2) is 4.39 Å². The van der Waals surface area contributed by atoms with Gasteiger partial charge in [0, 0.05) is 26.1 Å². The zero-order chi connectivity index (χ0) is 10.7. The van der Waals surface area contributed by atoms with Gasteiger partial charge in [-0.15, -0.1) is 0 Å². The zero-order valence-electron chi connectivity index (χ0n) is 8.67. The summed E-state index contributed by atoms with van der Waals surface area (Å²) in [6.45, 7) is 3.62. The second-order valence-electron chi connectivity index (χ2n) is 3.47. The Hall–Kier alpha value is -1.38. The first-order chi connectivity index (χ1) is 6.50. The molecule has 0 aliphatic heterocycles. The van der Waals surface area contributed by atoms with Gasteiger partial charge in [0.05, 0.1) is 0 Å². The number of rotatable bonds is 2. The Bertz CT molecular complexity index is 349. The van der Waals surface area contributed by atoms with Crippen LogP contribution in [0.3, 0.4) is 0 Å². The van der Waals surface area contributed by atoms with E-state index in [-0.39, 0.29) is 11.7 Å². The molecule has 0 bridgehead atoms. The molecule has 0 fully saturated rings. The van der Waals surface area contributed by atoms with Gasteiger partial charge in [0.1, 0.15) is 5.82 Å². The molecule has 1 amide bonds. The average Bonchev–Trinajstić information content (AvgIpc) is 2.09. The van der Waals surface area contributed by atoms with Crippen LogP contribution in [-0.2, 0) is 11.3 Å². The number of hydrogen-bond donors (Lipinski definition) is 0. The lowest BCUT2D eigenvalue weighted by Crippen LogP contribution is -2.23. The number of nitrogens with zero attached hydrogens (tertiary/aromatic N) is 1. The summed E-state index contributed by atoms with van der Waals surface area (Å²) in [6.07, 6.45) is 0. The molecular weight excluding hydrogens is 181 g/mol. The molecule has 2 nitrogen and oxygen atoms in total. The van der Waals surface area contributed by atoms with E-state index in [4.69, 9.17) is 0 Å². The monoisotopic (exact) mass is 195 g/mol. The molecule has 14 heavy (non-hydrogen) atoms. The summed E-state index contributed by atoms with van der Waals surface area (Å²) in [5, 5.41) is 0. The summed E-state index contributed by atoms with van der Waals surface area (Å²) in [5.74, 6) is -0.317. The number of amides is 1. The lowest BCUT2D eigenvalue weighted by atomic mass is 10.1. The van der Waals surface area contributed by atoms with Crippen molar-refractivity contribution in [2.75, 3.05) is 7.05 Å². The predicted octanol–water partition coefficient (Wildman–Crippen LogP) is 2.11. The van der Waals surface area contributed by atoms with Gasteiger partial charge in [-0.1, -0.05) is 12.1 Å². The van der Waals surface area contributed by atoms with Gasteiger partial charge in [0.15, 0.2) is 0 Å². The fourth-order valence-electron chi connectivity index (χ4n) is 1.15. The molecule has 0 saturated carbocycles. The van der Waals surface area contributed by atoms with Gasteiger partial charge in [0.25, 0.3) is 0 Å². The molecule has 0 aliphatic rings. The zero-order valence-corrected chi connectivity index (χ0v) is 8.67. The van der Waals surface area contributed by atoms with Crippen molar-refractivity contribution in [2.45, 2.75) is 20.4 Å². The maximum Gasteiger partial charge on any atom is 0.219 e. The average molecular weight is 195 g/mol. The minimum Gasteiger partial charge on any atom is -0.342 e. The number of carbonyl (C=O) groups excluding carboxylic acids is 1. The molecule has 0 aliphatic carbocycles. The highest BCUT2D eigenvalue weighted by molar-refractivity contribution is 5.72. The molecule has 0 heterocycles. The highest BCUT2D eigenvalue weighted by Gasteiger charge is 2.07. The summed E-state index contributed by atoms with van der Waals surface area (Å²) in [4.78, 5) is 12.4. The third kappa shape index (κ3) is 2.55. The topological polar surface area (TPSA) is 20.3 Å². The molecule has 0 N–H and O–H groups in total. The number of hydrogen-bond acceptors (Lipinski definition) is 1. The van der Waals surface area contributed by atoms with Crippen LogP contribution < -0.4 is 0 Å². The molecule has 0 unspecified atom stereocenters. The van der Waals surface area contributed by atoms with E-state index in [1.54, 1.807) is 13.1 Å². The van der Waals surface area contributed by atoms with Gasteiger partial charge in [-0.05, 0) is 18.6 Å². The lowest BCUT2D eigenvalue weighted by Gasteiger charge is -2.15. The normalized spacial score (nSPS) is 10.0. The van der Waals surface area contributed by atoms with Crippen molar-refractivity contribution in [1.29, 1.82) is 0 Å². The van der Waals surface area contributed by atoms with Crippen LogP contribution in [0.5, 0.6) is 0 Å². The number of carbonyl (C=O) groups is 1. The molecule has 1 aromatic carbocycles. The summed E-state index contributed by atoms with van der Waals surface area (Å²) in [6, 6.07) is 5.03. The minimum absolute atomic E-state index is 0.0648. The first kappa shape index (κ1) is 10.7. The molecule has 1 rings (SSSR count). The Balaban J connectivity index is 2.82. The van der Waals surface area contributed by atoms with Crippen molar-refractivity contribution in [1.82, 2.24) is 4.90 Å². The van der Waals surface area contributed by atoms with E-state index in [0.717, 1.165) is 5.56 Å². The Morgan fingerprint density at radius 1 is 1.50 bits per heavy atom. The Morgan fingerprint density at radius 3 is 2.64 bits per heavy atom. The summed E-state index contributed by atoms with van der Waals surface area (Å²) < 4.78 is 13.3. The molecule has 0 aromatic heterocycles. The van der Waals surface area contributed by atoms with Crippen LogP contribution >= 0.6 is 0 Å². The second kappa shape index (κ2) is 4.22.